The van der Waals surface area contributed by atoms with Gasteiger partial charge in [0.05, 0.1) is 42.1 Å². The summed E-state index contributed by atoms with van der Waals surface area (Å²) in [6, 6.07) is 6.94. The molecule has 0 aliphatic heterocycles. The summed E-state index contributed by atoms with van der Waals surface area (Å²) in [5, 5.41) is 4.62. The second-order valence-corrected chi connectivity index (χ2v) is 9.19. The summed E-state index contributed by atoms with van der Waals surface area (Å²) in [7, 11) is 6.36. The van der Waals surface area contributed by atoms with Gasteiger partial charge in [0, 0.05) is 37.7 Å². The van der Waals surface area contributed by atoms with E-state index < -0.39 is 0 Å². The fourth-order valence-corrected chi connectivity index (χ4v) is 4.41. The highest BCUT2D eigenvalue weighted by Crippen LogP contribution is 2.41. The predicted molar refractivity (Wildman–Crippen MR) is 145 cm³/mol. The van der Waals surface area contributed by atoms with Crippen LogP contribution in [0.4, 0.5) is 17.5 Å². The first-order chi connectivity index (χ1) is 17.6. The Morgan fingerprint density at radius 3 is 2.49 bits per heavy atom. The molecule has 12 heteroatoms. The Morgan fingerprint density at radius 1 is 1.11 bits per heavy atom. The first kappa shape index (κ1) is 26.2. The molecule has 0 spiro atoms. The number of anilines is 3. The fourth-order valence-electron chi connectivity index (χ4n) is 3.95. The maximum atomic E-state index is 12.8. The van der Waals surface area contributed by atoms with Gasteiger partial charge >= 0.3 is 0 Å². The van der Waals surface area contributed by atoms with E-state index in [4.69, 9.17) is 48.6 Å². The molecule has 0 bridgehead atoms. The van der Waals surface area contributed by atoms with Crippen molar-refractivity contribution < 1.29 is 18.7 Å². The number of nitrogen functional groups attached to an aromatic ring is 2. The monoisotopic (exact) mass is 544 g/mol. The quantitative estimate of drug-likeness (QED) is 0.289. The highest BCUT2D eigenvalue weighted by molar-refractivity contribution is 6.38. The number of rotatable bonds is 8. The van der Waals surface area contributed by atoms with Crippen molar-refractivity contribution in [3.8, 4) is 11.5 Å². The Labute approximate surface area is 223 Å². The molecule has 0 unspecified atom stereocenters. The van der Waals surface area contributed by atoms with Gasteiger partial charge in [0.15, 0.2) is 11.3 Å². The number of hydrogen-bond acceptors (Lipinski definition) is 9. The first-order valence-electron chi connectivity index (χ1n) is 11.1. The van der Waals surface area contributed by atoms with E-state index in [1.165, 1.54) is 12.0 Å². The Morgan fingerprint density at radius 2 is 1.84 bits per heavy atom. The number of carbonyl (C=O) groups is 1. The van der Waals surface area contributed by atoms with Gasteiger partial charge in [-0.2, -0.15) is 4.98 Å². The number of ether oxygens (including phenoxy) is 2. The van der Waals surface area contributed by atoms with Crippen molar-refractivity contribution in [2.45, 2.75) is 13.0 Å². The summed E-state index contributed by atoms with van der Waals surface area (Å²) in [5.74, 6) is 1.60. The molecular formula is C25H26Cl2N6O4. The second kappa shape index (κ2) is 10.6. The van der Waals surface area contributed by atoms with Crippen LogP contribution in [0.5, 0.6) is 11.5 Å². The van der Waals surface area contributed by atoms with Crippen LogP contribution in [0.3, 0.4) is 0 Å². The number of fused-ring (bicyclic) bond motifs is 1. The van der Waals surface area contributed by atoms with Crippen LogP contribution in [0.2, 0.25) is 10.0 Å². The minimum Gasteiger partial charge on any atom is -0.493 e. The summed E-state index contributed by atoms with van der Waals surface area (Å²) >= 11 is 12.8. The molecule has 4 rings (SSSR count). The molecule has 0 aliphatic carbocycles. The van der Waals surface area contributed by atoms with E-state index >= 15 is 0 Å². The van der Waals surface area contributed by atoms with Gasteiger partial charge in [0.1, 0.15) is 11.6 Å². The highest BCUT2D eigenvalue weighted by Gasteiger charge is 2.22. The third-order valence-electron chi connectivity index (χ3n) is 5.75. The van der Waals surface area contributed by atoms with Gasteiger partial charge in [0.25, 0.3) is 5.91 Å². The van der Waals surface area contributed by atoms with Crippen molar-refractivity contribution in [2.75, 3.05) is 45.1 Å². The average molecular weight is 545 g/mol. The third-order valence-corrected chi connectivity index (χ3v) is 6.38. The molecule has 2 aromatic heterocycles. The van der Waals surface area contributed by atoms with Crippen LogP contribution in [0.15, 0.2) is 34.9 Å². The van der Waals surface area contributed by atoms with E-state index in [2.05, 4.69) is 15.3 Å². The van der Waals surface area contributed by atoms with Gasteiger partial charge in [-0.3, -0.25) is 4.79 Å². The number of halogens is 2. The van der Waals surface area contributed by atoms with Gasteiger partial charge < -0.3 is 35.6 Å². The Kier molecular flexibility index (Phi) is 7.51. The molecule has 2 aromatic carbocycles. The highest BCUT2D eigenvalue weighted by atomic mass is 35.5. The lowest BCUT2D eigenvalue weighted by molar-refractivity contribution is 0.0828. The number of nitrogens with zero attached hydrogens (tertiary/aromatic N) is 3. The number of furan rings is 1. The standard InChI is InChI=1S/C25H26Cl2N6O4/c1-33(2)24(34)19-16(26)5-6-17(27)20(19)30-11-14-9-15-12(7-13-10-31-25(29)32-23(13)28)8-18(35-3)22(36-4)21(15)37-14/h5-6,8-10,30H,7,11H2,1-4H3,(H4,28,29,31,32). The van der Waals surface area contributed by atoms with Crippen molar-refractivity contribution in [3.63, 3.8) is 0 Å². The molecule has 0 fully saturated rings. The van der Waals surface area contributed by atoms with E-state index in [0.717, 1.165) is 10.9 Å². The van der Waals surface area contributed by atoms with E-state index in [9.17, 15) is 4.79 Å². The molecule has 0 saturated carbocycles. The van der Waals surface area contributed by atoms with Crippen LogP contribution in [0.25, 0.3) is 11.0 Å². The summed E-state index contributed by atoms with van der Waals surface area (Å²) in [6.07, 6.45) is 1.99. The van der Waals surface area contributed by atoms with Gasteiger partial charge in [-0.25, -0.2) is 4.98 Å². The molecule has 0 radical (unpaired) electrons. The number of nitrogens with one attached hydrogen (secondary N) is 1. The zero-order valence-electron chi connectivity index (χ0n) is 20.7. The Balaban J connectivity index is 1.75. The molecule has 0 atom stereocenters. The lowest BCUT2D eigenvalue weighted by atomic mass is 10.0. The van der Waals surface area contributed by atoms with Gasteiger partial charge in [-0.1, -0.05) is 23.2 Å². The van der Waals surface area contributed by atoms with E-state index in [-0.39, 0.29) is 34.8 Å². The molecule has 0 saturated heterocycles. The molecule has 2 heterocycles. The number of benzene rings is 2. The number of aromatic nitrogens is 2. The fraction of sp³-hybridized carbons (Fsp3) is 0.240. The smallest absolute Gasteiger partial charge is 0.257 e. The molecule has 0 aliphatic rings. The van der Waals surface area contributed by atoms with E-state index in [1.807, 2.05) is 12.1 Å². The van der Waals surface area contributed by atoms with Crippen LogP contribution in [0.1, 0.15) is 27.2 Å². The van der Waals surface area contributed by atoms with Gasteiger partial charge in [-0.05, 0) is 29.8 Å². The van der Waals surface area contributed by atoms with Crippen molar-refractivity contribution in [2.24, 2.45) is 0 Å². The largest absolute Gasteiger partial charge is 0.493 e. The first-order valence-corrected chi connectivity index (χ1v) is 11.9. The van der Waals surface area contributed by atoms with Crippen LogP contribution < -0.4 is 26.3 Å². The zero-order valence-corrected chi connectivity index (χ0v) is 22.2. The predicted octanol–water partition coefficient (Wildman–Crippen LogP) is 4.62. The van der Waals surface area contributed by atoms with Crippen LogP contribution >= 0.6 is 23.2 Å². The summed E-state index contributed by atoms with van der Waals surface area (Å²) in [4.78, 5) is 22.3. The normalized spacial score (nSPS) is 11.0. The van der Waals surface area contributed by atoms with Gasteiger partial charge in [-0.15, -0.1) is 0 Å². The number of nitrogens with two attached hydrogens (primary N) is 2. The second-order valence-electron chi connectivity index (χ2n) is 8.37. The SMILES string of the molecule is COc1cc(Cc2cnc(N)nc2N)c2cc(CNc3c(Cl)ccc(Cl)c3C(=O)N(C)C)oc2c1OC. The number of methoxy groups -OCH3 is 2. The van der Waals surface area contributed by atoms with Crippen molar-refractivity contribution >= 4 is 57.5 Å². The van der Waals surface area contributed by atoms with Crippen LogP contribution in [-0.2, 0) is 13.0 Å². The number of hydrogen-bond donors (Lipinski definition) is 3. The molecular weight excluding hydrogens is 519 g/mol. The topological polar surface area (TPSA) is 142 Å². The van der Waals surface area contributed by atoms with Gasteiger partial charge in [0.2, 0.25) is 11.7 Å². The molecule has 10 nitrogen and oxygen atoms in total. The number of carbonyl (C=O) groups excluding carboxylic acids is 1. The minimum absolute atomic E-state index is 0.0992. The van der Waals surface area contributed by atoms with Crippen molar-refractivity contribution in [1.82, 2.24) is 14.9 Å². The lowest BCUT2D eigenvalue weighted by Gasteiger charge is -2.17. The van der Waals surface area contributed by atoms with Crippen LogP contribution in [0, 0.1) is 0 Å². The molecule has 5 N–H and O–H groups in total. The average Bonchev–Trinajstić information content (AvgIpc) is 3.29. The summed E-state index contributed by atoms with van der Waals surface area (Å²) in [5.41, 5.74) is 14.4. The lowest BCUT2D eigenvalue weighted by Crippen LogP contribution is -2.23. The van der Waals surface area contributed by atoms with E-state index in [0.29, 0.717) is 45.5 Å². The molecule has 37 heavy (non-hydrogen) atoms. The Bertz CT molecular complexity index is 1490. The zero-order chi connectivity index (χ0) is 26.9. The summed E-state index contributed by atoms with van der Waals surface area (Å²) < 4.78 is 17.3. The van der Waals surface area contributed by atoms with E-state index in [1.54, 1.807) is 39.5 Å². The molecule has 194 valence electrons. The van der Waals surface area contributed by atoms with Crippen LogP contribution in [-0.4, -0.2) is 49.1 Å². The maximum Gasteiger partial charge on any atom is 0.257 e. The van der Waals surface area contributed by atoms with Crippen molar-refractivity contribution in [3.05, 3.63) is 63.0 Å². The summed E-state index contributed by atoms with van der Waals surface area (Å²) in [6.45, 7) is 0.209. The molecule has 1 amide bonds. The Hall–Kier alpha value is -3.89. The molecule has 4 aromatic rings. The van der Waals surface area contributed by atoms with Crippen molar-refractivity contribution in [1.29, 1.82) is 0 Å². The third kappa shape index (κ3) is 5.16. The minimum atomic E-state index is -0.281. The maximum absolute atomic E-state index is 12.8. The number of amides is 1.